The number of hydrogen-bond donors (Lipinski definition) is 1. The standard InChI is InChI=1S/C25H39N3O5/c1-18(2)14-21(26)22(29)28(24(31)32-17-19-10-7-6-8-11-19)16-20-12-9-13-27(15-20)23(30)33-25(3,4)5/h6-8,10-11,18,20-21H,9,12-17,26H2,1-5H3/t20?,21-/m0/s1. The van der Waals surface area contributed by atoms with E-state index in [2.05, 4.69) is 0 Å². The van der Waals surface area contributed by atoms with Gasteiger partial charge in [0.1, 0.15) is 12.2 Å². The van der Waals surface area contributed by atoms with Gasteiger partial charge in [-0.15, -0.1) is 0 Å². The molecule has 33 heavy (non-hydrogen) atoms. The average Bonchev–Trinajstić information content (AvgIpc) is 2.74. The van der Waals surface area contributed by atoms with Crippen LogP contribution in [0.25, 0.3) is 0 Å². The molecule has 2 N–H and O–H groups in total. The number of ether oxygens (including phenoxy) is 2. The van der Waals surface area contributed by atoms with Crippen LogP contribution < -0.4 is 5.73 Å². The second kappa shape index (κ2) is 12.0. The molecule has 0 spiro atoms. The van der Waals surface area contributed by atoms with Crippen LogP contribution in [0.2, 0.25) is 0 Å². The lowest BCUT2D eigenvalue weighted by Gasteiger charge is -2.36. The van der Waals surface area contributed by atoms with Gasteiger partial charge in [-0.3, -0.25) is 4.79 Å². The van der Waals surface area contributed by atoms with Gasteiger partial charge in [0.15, 0.2) is 0 Å². The molecule has 0 bridgehead atoms. The summed E-state index contributed by atoms with van der Waals surface area (Å²) in [5.74, 6) is -0.314. The topological polar surface area (TPSA) is 102 Å². The smallest absolute Gasteiger partial charge is 0.416 e. The van der Waals surface area contributed by atoms with Crippen LogP contribution in [-0.4, -0.2) is 59.2 Å². The molecule has 3 amide bonds. The maximum atomic E-state index is 13.1. The second-order valence-electron chi connectivity index (χ2n) is 10.2. The highest BCUT2D eigenvalue weighted by atomic mass is 16.6. The highest BCUT2D eigenvalue weighted by Crippen LogP contribution is 2.21. The van der Waals surface area contributed by atoms with E-state index in [1.54, 1.807) is 4.90 Å². The average molecular weight is 462 g/mol. The summed E-state index contributed by atoms with van der Waals surface area (Å²) in [6, 6.07) is 8.51. The molecule has 1 fully saturated rings. The van der Waals surface area contributed by atoms with Crippen molar-refractivity contribution in [1.29, 1.82) is 0 Å². The van der Waals surface area contributed by atoms with E-state index >= 15 is 0 Å². The Hall–Kier alpha value is -2.61. The van der Waals surface area contributed by atoms with Gasteiger partial charge in [-0.1, -0.05) is 44.2 Å². The zero-order valence-corrected chi connectivity index (χ0v) is 20.6. The fourth-order valence-corrected chi connectivity index (χ4v) is 3.83. The number of carbonyl (C=O) groups excluding carboxylic acids is 3. The van der Waals surface area contributed by atoms with Crippen molar-refractivity contribution in [1.82, 2.24) is 9.80 Å². The van der Waals surface area contributed by atoms with Crippen LogP contribution in [0.3, 0.4) is 0 Å². The van der Waals surface area contributed by atoms with E-state index in [-0.39, 0.29) is 31.1 Å². The summed E-state index contributed by atoms with van der Waals surface area (Å²) in [7, 11) is 0. The SMILES string of the molecule is CC(C)C[C@H](N)C(=O)N(CC1CCCN(C(=O)OC(C)(C)C)C1)C(=O)OCc1ccccc1. The van der Waals surface area contributed by atoms with E-state index in [1.165, 1.54) is 0 Å². The number of amides is 3. The normalized spacial score (nSPS) is 17.4. The largest absolute Gasteiger partial charge is 0.444 e. The molecule has 1 aromatic carbocycles. The van der Waals surface area contributed by atoms with Gasteiger partial charge >= 0.3 is 12.2 Å². The van der Waals surface area contributed by atoms with Crippen LogP contribution >= 0.6 is 0 Å². The number of likely N-dealkylation sites (tertiary alicyclic amines) is 1. The van der Waals surface area contributed by atoms with Crippen LogP contribution in [0, 0.1) is 11.8 Å². The molecule has 184 valence electrons. The number of carbonyl (C=O) groups is 3. The van der Waals surface area contributed by atoms with Crippen molar-refractivity contribution < 1.29 is 23.9 Å². The Balaban J connectivity index is 2.09. The Labute approximate surface area is 197 Å². The van der Waals surface area contributed by atoms with Gasteiger partial charge in [0.05, 0.1) is 6.04 Å². The second-order valence-corrected chi connectivity index (χ2v) is 10.2. The fraction of sp³-hybridized carbons (Fsp3) is 0.640. The molecule has 0 radical (unpaired) electrons. The van der Waals surface area contributed by atoms with E-state index in [1.807, 2.05) is 65.0 Å². The van der Waals surface area contributed by atoms with Crippen LogP contribution in [-0.2, 0) is 20.9 Å². The number of imide groups is 1. The number of piperidine rings is 1. The van der Waals surface area contributed by atoms with Gasteiger partial charge in [0.2, 0.25) is 5.91 Å². The lowest BCUT2D eigenvalue weighted by Crippen LogP contribution is -2.51. The van der Waals surface area contributed by atoms with Crippen LogP contribution in [0.15, 0.2) is 30.3 Å². The van der Waals surface area contributed by atoms with Crippen LogP contribution in [0.5, 0.6) is 0 Å². The number of hydrogen-bond acceptors (Lipinski definition) is 6. The van der Waals surface area contributed by atoms with Crippen molar-refractivity contribution >= 4 is 18.1 Å². The number of nitrogens with two attached hydrogens (primary N) is 1. The Kier molecular flexibility index (Phi) is 9.70. The van der Waals surface area contributed by atoms with Crippen molar-refractivity contribution in [3.63, 3.8) is 0 Å². The molecule has 0 aliphatic carbocycles. The minimum atomic E-state index is -0.792. The minimum absolute atomic E-state index is 0.0670. The molecule has 1 aromatic rings. The van der Waals surface area contributed by atoms with E-state index in [0.29, 0.717) is 19.5 Å². The Morgan fingerprint density at radius 3 is 2.45 bits per heavy atom. The third kappa shape index (κ3) is 9.04. The molecular formula is C25H39N3O5. The quantitative estimate of drug-likeness (QED) is 0.654. The number of rotatable bonds is 7. The molecule has 2 atom stereocenters. The molecule has 0 aromatic heterocycles. The van der Waals surface area contributed by atoms with Crippen molar-refractivity contribution in [2.45, 2.75) is 72.1 Å². The summed E-state index contributed by atoms with van der Waals surface area (Å²) in [4.78, 5) is 41.3. The molecule has 8 heteroatoms. The number of nitrogens with zero attached hydrogens (tertiary/aromatic N) is 2. The lowest BCUT2D eigenvalue weighted by molar-refractivity contribution is -0.132. The number of benzene rings is 1. The van der Waals surface area contributed by atoms with E-state index < -0.39 is 23.6 Å². The summed E-state index contributed by atoms with van der Waals surface area (Å²) >= 11 is 0. The third-order valence-corrected chi connectivity index (χ3v) is 5.35. The summed E-state index contributed by atoms with van der Waals surface area (Å²) in [6.07, 6.45) is 0.929. The van der Waals surface area contributed by atoms with E-state index in [9.17, 15) is 14.4 Å². The minimum Gasteiger partial charge on any atom is -0.444 e. The van der Waals surface area contributed by atoms with Gasteiger partial charge in [0.25, 0.3) is 0 Å². The Bertz CT molecular complexity index is 791. The summed E-state index contributed by atoms with van der Waals surface area (Å²) in [5.41, 5.74) is 6.38. The van der Waals surface area contributed by atoms with Crippen molar-refractivity contribution in [2.24, 2.45) is 17.6 Å². The third-order valence-electron chi connectivity index (χ3n) is 5.35. The first-order chi connectivity index (χ1) is 15.5. The Morgan fingerprint density at radius 2 is 1.85 bits per heavy atom. The van der Waals surface area contributed by atoms with Gasteiger partial charge in [0, 0.05) is 19.6 Å². The van der Waals surface area contributed by atoms with E-state index in [0.717, 1.165) is 23.3 Å². The molecular weight excluding hydrogens is 422 g/mol. The highest BCUT2D eigenvalue weighted by molar-refractivity contribution is 5.94. The maximum absolute atomic E-state index is 13.1. The van der Waals surface area contributed by atoms with Gasteiger partial charge in [-0.2, -0.15) is 0 Å². The molecule has 1 unspecified atom stereocenters. The van der Waals surface area contributed by atoms with Gasteiger partial charge < -0.3 is 20.1 Å². The molecule has 8 nitrogen and oxygen atoms in total. The van der Waals surface area contributed by atoms with Crippen LogP contribution in [0.1, 0.15) is 59.4 Å². The first kappa shape index (κ1) is 26.6. The predicted octanol–water partition coefficient (Wildman–Crippen LogP) is 4.17. The van der Waals surface area contributed by atoms with Gasteiger partial charge in [-0.05, 0) is 57.4 Å². The van der Waals surface area contributed by atoms with E-state index in [4.69, 9.17) is 15.2 Å². The zero-order chi connectivity index (χ0) is 24.6. The zero-order valence-electron chi connectivity index (χ0n) is 20.6. The first-order valence-electron chi connectivity index (χ1n) is 11.7. The summed E-state index contributed by atoms with van der Waals surface area (Å²) in [5, 5.41) is 0. The molecule has 1 aliphatic heterocycles. The molecule has 2 rings (SSSR count). The van der Waals surface area contributed by atoms with Crippen molar-refractivity contribution in [2.75, 3.05) is 19.6 Å². The monoisotopic (exact) mass is 461 g/mol. The molecule has 0 saturated carbocycles. The molecule has 1 heterocycles. The fourth-order valence-electron chi connectivity index (χ4n) is 3.83. The Morgan fingerprint density at radius 1 is 1.18 bits per heavy atom. The molecule has 1 saturated heterocycles. The first-order valence-corrected chi connectivity index (χ1v) is 11.7. The van der Waals surface area contributed by atoms with Crippen molar-refractivity contribution in [3.8, 4) is 0 Å². The highest BCUT2D eigenvalue weighted by Gasteiger charge is 2.34. The molecule has 1 aliphatic rings. The van der Waals surface area contributed by atoms with Gasteiger partial charge in [-0.25, -0.2) is 14.5 Å². The predicted molar refractivity (Wildman–Crippen MR) is 126 cm³/mol. The maximum Gasteiger partial charge on any atom is 0.416 e. The van der Waals surface area contributed by atoms with Crippen molar-refractivity contribution in [3.05, 3.63) is 35.9 Å². The lowest BCUT2D eigenvalue weighted by atomic mass is 9.97. The van der Waals surface area contributed by atoms with Crippen LogP contribution in [0.4, 0.5) is 9.59 Å². The summed E-state index contributed by atoms with van der Waals surface area (Å²) in [6.45, 7) is 10.6. The summed E-state index contributed by atoms with van der Waals surface area (Å²) < 4.78 is 10.9.